The van der Waals surface area contributed by atoms with Gasteiger partial charge in [0.25, 0.3) is 0 Å². The van der Waals surface area contributed by atoms with Crippen molar-refractivity contribution < 1.29 is 5.11 Å². The van der Waals surface area contributed by atoms with Crippen molar-refractivity contribution in [2.45, 2.75) is 72.3 Å². The first-order chi connectivity index (χ1) is 9.50. The summed E-state index contributed by atoms with van der Waals surface area (Å²) < 4.78 is 0. The molecule has 0 fully saturated rings. The van der Waals surface area contributed by atoms with Gasteiger partial charge in [-0.1, -0.05) is 42.4 Å². The Kier molecular flexibility index (Phi) is 7.91. The number of hydrogen-bond donors (Lipinski definition) is 1. The number of rotatable bonds is 4. The Morgan fingerprint density at radius 2 is 2.15 bits per heavy atom. The first kappa shape index (κ1) is 17.2. The quantitative estimate of drug-likeness (QED) is 0.679. The van der Waals surface area contributed by atoms with Crippen LogP contribution in [0.15, 0.2) is 35.5 Å². The summed E-state index contributed by atoms with van der Waals surface area (Å²) in [6.07, 6.45) is 15.2. The minimum Gasteiger partial charge on any atom is -0.389 e. The molecule has 1 heteroatoms. The zero-order chi connectivity index (χ0) is 15.0. The molecular weight excluding hydrogens is 244 g/mol. The fourth-order valence-electron chi connectivity index (χ4n) is 2.94. The summed E-state index contributed by atoms with van der Waals surface area (Å²) in [7, 11) is 0. The van der Waals surface area contributed by atoms with E-state index in [0.717, 1.165) is 32.1 Å². The van der Waals surface area contributed by atoms with E-state index in [1.54, 1.807) is 0 Å². The van der Waals surface area contributed by atoms with Gasteiger partial charge in [0.05, 0.1) is 6.10 Å². The van der Waals surface area contributed by atoms with Crippen molar-refractivity contribution in [3.8, 4) is 0 Å². The van der Waals surface area contributed by atoms with Gasteiger partial charge in [0.2, 0.25) is 0 Å². The SMILES string of the molecule is CC(C)=CCCC(C)C1CCC(C)=CCCC=CC1O. The maximum atomic E-state index is 10.4. The van der Waals surface area contributed by atoms with Gasteiger partial charge in [-0.05, 0) is 71.1 Å². The van der Waals surface area contributed by atoms with E-state index in [4.69, 9.17) is 0 Å². The minimum absolute atomic E-state index is 0.275. The second-order valence-electron chi connectivity index (χ2n) is 6.59. The normalized spacial score (nSPS) is 25.8. The van der Waals surface area contributed by atoms with Gasteiger partial charge in [-0.15, -0.1) is 0 Å². The fraction of sp³-hybridized carbons (Fsp3) is 0.684. The van der Waals surface area contributed by atoms with Gasteiger partial charge in [-0.3, -0.25) is 0 Å². The topological polar surface area (TPSA) is 20.2 Å². The lowest BCUT2D eigenvalue weighted by Gasteiger charge is -2.27. The van der Waals surface area contributed by atoms with E-state index in [1.807, 2.05) is 6.08 Å². The molecule has 1 N–H and O–H groups in total. The van der Waals surface area contributed by atoms with E-state index in [0.29, 0.717) is 11.8 Å². The molecule has 0 saturated heterocycles. The lowest BCUT2D eigenvalue weighted by atomic mass is 9.81. The molecule has 3 unspecified atom stereocenters. The number of hydrogen-bond acceptors (Lipinski definition) is 1. The van der Waals surface area contributed by atoms with Gasteiger partial charge in [0.1, 0.15) is 0 Å². The first-order valence-electron chi connectivity index (χ1n) is 8.14. The molecule has 0 spiro atoms. The van der Waals surface area contributed by atoms with Crippen molar-refractivity contribution in [3.05, 3.63) is 35.5 Å². The molecule has 3 atom stereocenters. The van der Waals surface area contributed by atoms with Crippen LogP contribution in [0.3, 0.4) is 0 Å². The van der Waals surface area contributed by atoms with Crippen LogP contribution >= 0.6 is 0 Å². The second-order valence-corrected chi connectivity index (χ2v) is 6.59. The average molecular weight is 276 g/mol. The Morgan fingerprint density at radius 3 is 2.85 bits per heavy atom. The van der Waals surface area contributed by atoms with Crippen molar-refractivity contribution in [1.82, 2.24) is 0 Å². The standard InChI is InChI=1S/C19H32O/c1-15(2)9-8-11-17(4)18-14-13-16(3)10-6-5-7-12-19(18)20/h7,9-10,12,17-20H,5-6,8,11,13-14H2,1-4H3. The summed E-state index contributed by atoms with van der Waals surface area (Å²) in [6, 6.07) is 0. The Bertz CT molecular complexity index is 358. The van der Waals surface area contributed by atoms with Crippen LogP contribution in [0.2, 0.25) is 0 Å². The van der Waals surface area contributed by atoms with E-state index >= 15 is 0 Å². The highest BCUT2D eigenvalue weighted by molar-refractivity contribution is 5.03. The molecular formula is C19H32O. The molecule has 0 radical (unpaired) electrons. The second kappa shape index (κ2) is 9.18. The third kappa shape index (κ3) is 6.56. The van der Waals surface area contributed by atoms with Crippen LogP contribution in [0.5, 0.6) is 0 Å². The Morgan fingerprint density at radius 1 is 1.40 bits per heavy atom. The Balaban J connectivity index is 2.63. The Hall–Kier alpha value is -0.820. The maximum Gasteiger partial charge on any atom is 0.0751 e. The van der Waals surface area contributed by atoms with Crippen molar-refractivity contribution >= 4 is 0 Å². The molecule has 1 aliphatic rings. The molecule has 0 aromatic rings. The van der Waals surface area contributed by atoms with Crippen LogP contribution in [-0.2, 0) is 0 Å². The van der Waals surface area contributed by atoms with Gasteiger partial charge < -0.3 is 5.11 Å². The number of aliphatic hydroxyl groups is 1. The van der Waals surface area contributed by atoms with E-state index in [2.05, 4.69) is 45.9 Å². The third-order valence-corrected chi connectivity index (χ3v) is 4.38. The Labute approximate surface area is 125 Å². The van der Waals surface area contributed by atoms with Gasteiger partial charge in [0, 0.05) is 0 Å². The van der Waals surface area contributed by atoms with E-state index in [9.17, 15) is 5.11 Å². The fourth-order valence-corrected chi connectivity index (χ4v) is 2.94. The van der Waals surface area contributed by atoms with E-state index < -0.39 is 0 Å². The lowest BCUT2D eigenvalue weighted by molar-refractivity contribution is 0.107. The molecule has 1 rings (SSSR count). The van der Waals surface area contributed by atoms with Crippen LogP contribution in [0.25, 0.3) is 0 Å². The van der Waals surface area contributed by atoms with Crippen LogP contribution in [0, 0.1) is 11.8 Å². The molecule has 1 nitrogen and oxygen atoms in total. The number of allylic oxidation sites excluding steroid dienone is 5. The van der Waals surface area contributed by atoms with Crippen molar-refractivity contribution in [3.63, 3.8) is 0 Å². The van der Waals surface area contributed by atoms with Crippen LogP contribution < -0.4 is 0 Å². The highest BCUT2D eigenvalue weighted by Crippen LogP contribution is 2.29. The predicted octanol–water partition coefficient (Wildman–Crippen LogP) is 5.42. The molecule has 114 valence electrons. The van der Waals surface area contributed by atoms with E-state index in [1.165, 1.54) is 17.6 Å². The van der Waals surface area contributed by atoms with Crippen LogP contribution in [0.1, 0.15) is 66.2 Å². The molecule has 0 aliphatic heterocycles. The molecule has 0 saturated carbocycles. The van der Waals surface area contributed by atoms with Crippen molar-refractivity contribution in [2.75, 3.05) is 0 Å². The monoisotopic (exact) mass is 276 g/mol. The predicted molar refractivity (Wildman–Crippen MR) is 88.7 cm³/mol. The van der Waals surface area contributed by atoms with Gasteiger partial charge in [0.15, 0.2) is 0 Å². The van der Waals surface area contributed by atoms with Gasteiger partial charge in [-0.2, -0.15) is 0 Å². The number of aliphatic hydroxyl groups excluding tert-OH is 1. The van der Waals surface area contributed by atoms with Gasteiger partial charge in [-0.25, -0.2) is 0 Å². The smallest absolute Gasteiger partial charge is 0.0751 e. The minimum atomic E-state index is -0.275. The zero-order valence-corrected chi connectivity index (χ0v) is 13.7. The van der Waals surface area contributed by atoms with Crippen molar-refractivity contribution in [2.24, 2.45) is 11.8 Å². The largest absolute Gasteiger partial charge is 0.389 e. The van der Waals surface area contributed by atoms with Crippen LogP contribution in [0.4, 0.5) is 0 Å². The third-order valence-electron chi connectivity index (χ3n) is 4.38. The summed E-state index contributed by atoms with van der Waals surface area (Å²) in [4.78, 5) is 0. The summed E-state index contributed by atoms with van der Waals surface area (Å²) in [5.41, 5.74) is 2.87. The maximum absolute atomic E-state index is 10.4. The van der Waals surface area contributed by atoms with Crippen LogP contribution in [-0.4, -0.2) is 11.2 Å². The first-order valence-corrected chi connectivity index (χ1v) is 8.14. The average Bonchev–Trinajstić information content (AvgIpc) is 2.37. The highest BCUT2D eigenvalue weighted by atomic mass is 16.3. The summed E-state index contributed by atoms with van der Waals surface area (Å²) in [6.45, 7) is 8.83. The summed E-state index contributed by atoms with van der Waals surface area (Å²) in [5, 5.41) is 10.4. The molecule has 1 aliphatic carbocycles. The molecule has 0 aromatic heterocycles. The van der Waals surface area contributed by atoms with E-state index in [-0.39, 0.29) is 6.10 Å². The highest BCUT2D eigenvalue weighted by Gasteiger charge is 2.23. The molecule has 0 aromatic carbocycles. The van der Waals surface area contributed by atoms with Gasteiger partial charge >= 0.3 is 0 Å². The lowest BCUT2D eigenvalue weighted by Crippen LogP contribution is -2.25. The molecule has 0 heterocycles. The summed E-state index contributed by atoms with van der Waals surface area (Å²) in [5.74, 6) is 0.954. The molecule has 0 bridgehead atoms. The molecule has 0 amide bonds. The zero-order valence-electron chi connectivity index (χ0n) is 13.7. The van der Waals surface area contributed by atoms with Crippen molar-refractivity contribution in [1.29, 1.82) is 0 Å². The molecule has 20 heavy (non-hydrogen) atoms. The summed E-state index contributed by atoms with van der Waals surface area (Å²) >= 11 is 0.